The van der Waals surface area contributed by atoms with Crippen molar-refractivity contribution in [2.45, 2.75) is 33.3 Å². The van der Waals surface area contributed by atoms with E-state index in [0.29, 0.717) is 5.56 Å². The number of aliphatic carboxylic acids is 1. The molecule has 0 unspecified atom stereocenters. The molecule has 2 aromatic carbocycles. The predicted octanol–water partition coefficient (Wildman–Crippen LogP) is 4.66. The van der Waals surface area contributed by atoms with Crippen molar-refractivity contribution in [3.63, 3.8) is 0 Å². The minimum Gasteiger partial charge on any atom is -0.491 e. The van der Waals surface area contributed by atoms with Gasteiger partial charge in [0.25, 0.3) is 0 Å². The van der Waals surface area contributed by atoms with E-state index in [0.717, 1.165) is 17.7 Å². The second kappa shape index (κ2) is 7.63. The highest BCUT2D eigenvalue weighted by molar-refractivity contribution is 6.20. The van der Waals surface area contributed by atoms with E-state index >= 15 is 0 Å². The Morgan fingerprint density at radius 2 is 1.70 bits per heavy atom. The van der Waals surface area contributed by atoms with Crippen LogP contribution in [0.15, 0.2) is 48.5 Å². The first-order valence-corrected chi connectivity index (χ1v) is 7.80. The molecule has 0 saturated heterocycles. The molecule has 0 radical (unpaired) electrons. The molecule has 2 rings (SSSR count). The first kappa shape index (κ1) is 16.8. The van der Waals surface area contributed by atoms with Crippen LogP contribution in [0, 0.1) is 0 Å². The van der Waals surface area contributed by atoms with Crippen molar-refractivity contribution in [3.8, 4) is 5.75 Å². The van der Waals surface area contributed by atoms with E-state index in [-0.39, 0.29) is 11.7 Å². The lowest BCUT2D eigenvalue weighted by atomic mass is 10.0. The molecule has 0 bridgehead atoms. The maximum Gasteiger partial charge on any atom is 0.336 e. The van der Waals surface area contributed by atoms with Crippen LogP contribution in [0.3, 0.4) is 0 Å². The third-order valence-corrected chi connectivity index (χ3v) is 3.47. The van der Waals surface area contributed by atoms with Gasteiger partial charge in [-0.1, -0.05) is 43.3 Å². The average Bonchev–Trinajstić information content (AvgIpc) is 2.53. The molecule has 0 amide bonds. The topological polar surface area (TPSA) is 46.5 Å². The largest absolute Gasteiger partial charge is 0.491 e. The van der Waals surface area contributed by atoms with Crippen LogP contribution in [0.2, 0.25) is 0 Å². The van der Waals surface area contributed by atoms with Gasteiger partial charge in [0.05, 0.1) is 11.7 Å². The van der Waals surface area contributed by atoms with Crippen molar-refractivity contribution in [1.29, 1.82) is 0 Å². The molecular formula is C20H22O3. The zero-order valence-corrected chi connectivity index (χ0v) is 13.7. The molecule has 0 heterocycles. The second-order valence-electron chi connectivity index (χ2n) is 5.65. The van der Waals surface area contributed by atoms with Crippen molar-refractivity contribution in [1.82, 2.24) is 0 Å². The van der Waals surface area contributed by atoms with E-state index in [9.17, 15) is 9.90 Å². The van der Waals surface area contributed by atoms with Gasteiger partial charge in [0.15, 0.2) is 0 Å². The SMILES string of the molecule is CCc1ccc(/C(=C/c2ccc(OC(C)C)cc2)C(=O)O)cc1. The summed E-state index contributed by atoms with van der Waals surface area (Å²) < 4.78 is 5.59. The smallest absolute Gasteiger partial charge is 0.336 e. The highest BCUT2D eigenvalue weighted by atomic mass is 16.5. The number of hydrogen-bond donors (Lipinski definition) is 1. The van der Waals surface area contributed by atoms with Crippen molar-refractivity contribution in [3.05, 3.63) is 65.2 Å². The zero-order valence-electron chi connectivity index (χ0n) is 13.7. The fourth-order valence-electron chi connectivity index (χ4n) is 2.27. The summed E-state index contributed by atoms with van der Waals surface area (Å²) in [4.78, 5) is 11.6. The van der Waals surface area contributed by atoms with Crippen LogP contribution in [0.5, 0.6) is 5.75 Å². The molecule has 1 N–H and O–H groups in total. The summed E-state index contributed by atoms with van der Waals surface area (Å²) in [5.41, 5.74) is 3.01. The van der Waals surface area contributed by atoms with Crippen molar-refractivity contribution < 1.29 is 14.6 Å². The summed E-state index contributed by atoms with van der Waals surface area (Å²) in [5.74, 6) is -0.155. The van der Waals surface area contributed by atoms with Gasteiger partial charge in [0.2, 0.25) is 0 Å². The molecule has 0 aliphatic carbocycles. The van der Waals surface area contributed by atoms with Crippen LogP contribution < -0.4 is 4.74 Å². The Hall–Kier alpha value is -2.55. The average molecular weight is 310 g/mol. The fraction of sp³-hybridized carbons (Fsp3) is 0.250. The molecule has 0 fully saturated rings. The van der Waals surface area contributed by atoms with Gasteiger partial charge in [-0.05, 0) is 55.2 Å². The lowest BCUT2D eigenvalue weighted by Gasteiger charge is -2.09. The number of benzene rings is 2. The number of ether oxygens (including phenoxy) is 1. The maximum absolute atomic E-state index is 11.6. The van der Waals surface area contributed by atoms with Crippen LogP contribution in [0.1, 0.15) is 37.5 Å². The van der Waals surface area contributed by atoms with Crippen molar-refractivity contribution in [2.24, 2.45) is 0 Å². The maximum atomic E-state index is 11.6. The van der Waals surface area contributed by atoms with Gasteiger partial charge in [-0.15, -0.1) is 0 Å². The summed E-state index contributed by atoms with van der Waals surface area (Å²) in [5, 5.41) is 9.50. The molecule has 0 atom stereocenters. The Labute approximate surface area is 137 Å². The van der Waals surface area contributed by atoms with Crippen LogP contribution >= 0.6 is 0 Å². The number of carbonyl (C=O) groups is 1. The lowest BCUT2D eigenvalue weighted by Crippen LogP contribution is -2.05. The summed E-state index contributed by atoms with van der Waals surface area (Å²) in [7, 11) is 0. The van der Waals surface area contributed by atoms with E-state index in [1.54, 1.807) is 6.08 Å². The Bertz CT molecular complexity index is 680. The third kappa shape index (κ3) is 4.71. The van der Waals surface area contributed by atoms with E-state index in [1.165, 1.54) is 5.56 Å². The number of aryl methyl sites for hydroxylation is 1. The predicted molar refractivity (Wildman–Crippen MR) is 93.5 cm³/mol. The van der Waals surface area contributed by atoms with E-state index in [2.05, 4.69) is 6.92 Å². The summed E-state index contributed by atoms with van der Waals surface area (Å²) in [6, 6.07) is 15.1. The molecular weight excluding hydrogens is 288 g/mol. The molecule has 0 aromatic heterocycles. The Kier molecular flexibility index (Phi) is 5.58. The lowest BCUT2D eigenvalue weighted by molar-refractivity contribution is -0.130. The zero-order chi connectivity index (χ0) is 16.8. The van der Waals surface area contributed by atoms with Gasteiger partial charge in [-0.3, -0.25) is 0 Å². The number of hydrogen-bond acceptors (Lipinski definition) is 2. The summed E-state index contributed by atoms with van der Waals surface area (Å²) >= 11 is 0. The minimum atomic E-state index is -0.934. The van der Waals surface area contributed by atoms with Crippen molar-refractivity contribution in [2.75, 3.05) is 0 Å². The van der Waals surface area contributed by atoms with Gasteiger partial charge < -0.3 is 9.84 Å². The van der Waals surface area contributed by atoms with Gasteiger partial charge in [-0.25, -0.2) is 4.79 Å². The minimum absolute atomic E-state index is 0.114. The summed E-state index contributed by atoms with van der Waals surface area (Å²) in [6.07, 6.45) is 2.73. The molecule has 3 heteroatoms. The fourth-order valence-corrected chi connectivity index (χ4v) is 2.27. The highest BCUT2D eigenvalue weighted by Gasteiger charge is 2.10. The first-order valence-electron chi connectivity index (χ1n) is 7.80. The Morgan fingerprint density at radius 1 is 1.09 bits per heavy atom. The van der Waals surface area contributed by atoms with Crippen LogP contribution in [-0.2, 0) is 11.2 Å². The van der Waals surface area contributed by atoms with Crippen LogP contribution in [-0.4, -0.2) is 17.2 Å². The van der Waals surface area contributed by atoms with Gasteiger partial charge in [0, 0.05) is 0 Å². The van der Waals surface area contributed by atoms with Gasteiger partial charge in [-0.2, -0.15) is 0 Å². The molecule has 0 spiro atoms. The number of rotatable bonds is 6. The Morgan fingerprint density at radius 3 is 2.17 bits per heavy atom. The standard InChI is InChI=1S/C20H22O3/c1-4-15-5-9-17(10-6-15)19(20(21)22)13-16-7-11-18(12-8-16)23-14(2)3/h5-14H,4H2,1-3H3,(H,21,22)/b19-13-. The van der Waals surface area contributed by atoms with E-state index < -0.39 is 5.97 Å². The first-order chi connectivity index (χ1) is 11.0. The highest BCUT2D eigenvalue weighted by Crippen LogP contribution is 2.21. The normalized spacial score (nSPS) is 11.6. The molecule has 120 valence electrons. The monoisotopic (exact) mass is 310 g/mol. The van der Waals surface area contributed by atoms with Crippen LogP contribution in [0.25, 0.3) is 11.6 Å². The van der Waals surface area contributed by atoms with E-state index in [4.69, 9.17) is 4.74 Å². The molecule has 0 saturated carbocycles. The second-order valence-corrected chi connectivity index (χ2v) is 5.65. The Balaban J connectivity index is 2.29. The van der Waals surface area contributed by atoms with E-state index in [1.807, 2.05) is 62.4 Å². The molecule has 23 heavy (non-hydrogen) atoms. The number of carboxylic acids is 1. The molecule has 0 aliphatic heterocycles. The quantitative estimate of drug-likeness (QED) is 0.623. The molecule has 2 aromatic rings. The summed E-state index contributed by atoms with van der Waals surface area (Å²) in [6.45, 7) is 6.01. The van der Waals surface area contributed by atoms with Gasteiger partial charge >= 0.3 is 5.97 Å². The molecule has 3 nitrogen and oxygen atoms in total. The number of carboxylic acid groups (broad SMARTS) is 1. The molecule has 0 aliphatic rings. The third-order valence-electron chi connectivity index (χ3n) is 3.47. The van der Waals surface area contributed by atoms with Gasteiger partial charge in [0.1, 0.15) is 5.75 Å². The van der Waals surface area contributed by atoms with Crippen LogP contribution in [0.4, 0.5) is 0 Å². The van der Waals surface area contributed by atoms with Crippen molar-refractivity contribution >= 4 is 17.6 Å².